The van der Waals surface area contributed by atoms with Crippen LogP contribution < -0.4 is 17.7 Å². The second-order valence-electron chi connectivity index (χ2n) is 10.6. The van der Waals surface area contributed by atoms with E-state index < -0.39 is 5.41 Å². The van der Waals surface area contributed by atoms with Crippen LogP contribution in [0.15, 0.2) is 54.9 Å². The number of rotatable bonds is 6. The van der Waals surface area contributed by atoms with Gasteiger partial charge >= 0.3 is 5.97 Å². The molecule has 6 rings (SSSR count). The number of carbonyl (C=O) groups is 2. The fourth-order valence-corrected chi connectivity index (χ4v) is 6.47. The Morgan fingerprint density at radius 2 is 1.63 bits per heavy atom. The molecule has 4 heterocycles. The lowest BCUT2D eigenvalue weighted by molar-refractivity contribution is -0.939. The van der Waals surface area contributed by atoms with Crippen LogP contribution in [0.5, 0.6) is 0 Å². The van der Waals surface area contributed by atoms with E-state index in [4.69, 9.17) is 4.74 Å². The number of quaternary nitrogens is 1. The van der Waals surface area contributed by atoms with Crippen molar-refractivity contribution in [2.45, 2.75) is 62.9 Å². The fourth-order valence-electron chi connectivity index (χ4n) is 6.47. The van der Waals surface area contributed by atoms with E-state index in [1.165, 1.54) is 12.8 Å². The first-order valence-corrected chi connectivity index (χ1v) is 12.9. The molecule has 1 N–H and O–H groups in total. The monoisotopic (exact) mass is 497 g/mol. The summed E-state index contributed by atoms with van der Waals surface area (Å²) in [5, 5.41) is 3.01. The number of pyridine rings is 1. The summed E-state index contributed by atoms with van der Waals surface area (Å²) in [5.74, 6) is 0.380. The lowest BCUT2D eigenvalue weighted by atomic mass is 9.74. The van der Waals surface area contributed by atoms with Crippen LogP contribution in [0.1, 0.15) is 56.9 Å². The predicted molar refractivity (Wildman–Crippen MR) is 131 cm³/mol. The Morgan fingerprint density at radius 3 is 2.29 bits per heavy atom. The van der Waals surface area contributed by atoms with Crippen LogP contribution in [-0.4, -0.2) is 53.6 Å². The Bertz CT molecular complexity index is 985. The number of amides is 1. The van der Waals surface area contributed by atoms with Crippen LogP contribution in [0.2, 0.25) is 0 Å². The van der Waals surface area contributed by atoms with Crippen LogP contribution >= 0.6 is 0 Å². The average molecular weight is 498 g/mol. The molecule has 6 nitrogen and oxygen atoms in total. The van der Waals surface area contributed by atoms with Crippen molar-refractivity contribution >= 4 is 17.6 Å². The van der Waals surface area contributed by atoms with Gasteiger partial charge in [-0.15, -0.1) is 0 Å². The maximum absolute atomic E-state index is 13.9. The number of halogens is 1. The van der Waals surface area contributed by atoms with Crippen molar-refractivity contribution in [2.24, 2.45) is 5.92 Å². The second-order valence-corrected chi connectivity index (χ2v) is 10.6. The summed E-state index contributed by atoms with van der Waals surface area (Å²) in [7, 11) is 0. The SMILES string of the molecule is O=C(C[N+]12CCC(CC1)C(OC(=O)C1(c3ccccc3)CCCCCC1)C2)Nc1ccncc1.[Cl-]. The van der Waals surface area contributed by atoms with Crippen molar-refractivity contribution in [1.29, 1.82) is 0 Å². The summed E-state index contributed by atoms with van der Waals surface area (Å²) >= 11 is 0. The summed E-state index contributed by atoms with van der Waals surface area (Å²) < 4.78 is 7.12. The number of carbonyl (C=O) groups excluding carboxylic acids is 2. The van der Waals surface area contributed by atoms with Gasteiger partial charge in [-0.05, 0) is 30.5 Å². The summed E-state index contributed by atoms with van der Waals surface area (Å²) in [6.45, 7) is 3.12. The number of piperidine rings is 3. The molecular weight excluding hydrogens is 462 g/mol. The number of hydrogen-bond donors (Lipinski definition) is 1. The zero-order valence-corrected chi connectivity index (χ0v) is 21.1. The molecule has 1 amide bonds. The molecule has 1 unspecified atom stereocenters. The molecule has 188 valence electrons. The minimum atomic E-state index is -0.534. The molecule has 7 heteroatoms. The van der Waals surface area contributed by atoms with Crippen LogP contribution in [-0.2, 0) is 19.7 Å². The summed E-state index contributed by atoms with van der Waals surface area (Å²) in [4.78, 5) is 30.7. The van der Waals surface area contributed by atoms with Crippen molar-refractivity contribution < 1.29 is 31.2 Å². The van der Waals surface area contributed by atoms with Gasteiger partial charge in [0.25, 0.3) is 5.91 Å². The van der Waals surface area contributed by atoms with Crippen molar-refractivity contribution in [3.8, 4) is 0 Å². The van der Waals surface area contributed by atoms with E-state index in [9.17, 15) is 9.59 Å². The predicted octanol–water partition coefficient (Wildman–Crippen LogP) is 1.47. The molecule has 0 spiro atoms. The second kappa shape index (κ2) is 11.1. The van der Waals surface area contributed by atoms with Gasteiger partial charge in [0, 0.05) is 36.8 Å². The molecule has 3 aliphatic heterocycles. The van der Waals surface area contributed by atoms with Gasteiger partial charge in [-0.25, -0.2) is 0 Å². The summed E-state index contributed by atoms with van der Waals surface area (Å²) in [5.41, 5.74) is 1.34. The molecule has 1 aromatic carbocycles. The topological polar surface area (TPSA) is 68.3 Å². The highest BCUT2D eigenvalue weighted by Crippen LogP contribution is 2.42. The number of ether oxygens (including phenoxy) is 1. The molecule has 1 saturated carbocycles. The smallest absolute Gasteiger partial charge is 0.317 e. The number of hydrogen-bond acceptors (Lipinski definition) is 4. The highest BCUT2D eigenvalue weighted by molar-refractivity contribution is 5.91. The van der Waals surface area contributed by atoms with Gasteiger partial charge in [0.2, 0.25) is 0 Å². The molecule has 4 aliphatic rings. The summed E-state index contributed by atoms with van der Waals surface area (Å²) in [6, 6.07) is 13.9. The van der Waals surface area contributed by atoms with Crippen molar-refractivity contribution in [3.63, 3.8) is 0 Å². The van der Waals surface area contributed by atoms with Gasteiger partial charge in [-0.1, -0.05) is 56.0 Å². The summed E-state index contributed by atoms with van der Waals surface area (Å²) in [6.07, 6.45) is 11.5. The number of benzene rings is 1. The fraction of sp³-hybridized carbons (Fsp3) is 0.536. The Labute approximate surface area is 214 Å². The van der Waals surface area contributed by atoms with E-state index in [0.29, 0.717) is 16.9 Å². The van der Waals surface area contributed by atoms with Gasteiger partial charge in [0.1, 0.15) is 6.54 Å². The molecule has 4 fully saturated rings. The van der Waals surface area contributed by atoms with Gasteiger partial charge in [0.05, 0.1) is 18.5 Å². The largest absolute Gasteiger partial charge is 1.00 e. The van der Waals surface area contributed by atoms with E-state index in [1.807, 2.05) is 18.2 Å². The standard InChI is InChI=1S/C28H35N3O3.ClH/c32-26(30-24-10-16-29-17-11-24)21-31-18-12-22(13-19-31)25(20-31)34-27(33)28(14-6-1-2-7-15-28)23-8-4-3-5-9-23;/h3-5,8-11,16-17,22,25H,1-2,6-7,12-15,18-21H2;1H. The van der Waals surface area contributed by atoms with E-state index in [-0.39, 0.29) is 30.4 Å². The molecular formula is C28H36ClN3O3. The molecule has 2 bridgehead atoms. The third kappa shape index (κ3) is 5.54. The normalized spacial score (nSPS) is 27.2. The first-order valence-electron chi connectivity index (χ1n) is 12.9. The number of nitrogens with zero attached hydrogens (tertiary/aromatic N) is 2. The molecule has 1 aliphatic carbocycles. The van der Waals surface area contributed by atoms with E-state index in [0.717, 1.165) is 69.4 Å². The van der Waals surface area contributed by atoms with Gasteiger partial charge in [-0.3, -0.25) is 14.6 Å². The van der Waals surface area contributed by atoms with E-state index >= 15 is 0 Å². The van der Waals surface area contributed by atoms with Crippen molar-refractivity contribution in [3.05, 3.63) is 60.4 Å². The molecule has 3 saturated heterocycles. The number of fused-ring (bicyclic) bond motifs is 3. The molecule has 1 atom stereocenters. The van der Waals surface area contributed by atoms with Crippen LogP contribution in [0.4, 0.5) is 5.69 Å². The maximum atomic E-state index is 13.9. The maximum Gasteiger partial charge on any atom is 0.317 e. The zero-order valence-electron chi connectivity index (χ0n) is 20.3. The molecule has 0 radical (unpaired) electrons. The first-order chi connectivity index (χ1) is 16.6. The molecule has 1 aromatic heterocycles. The van der Waals surface area contributed by atoms with Gasteiger partial charge in [-0.2, -0.15) is 0 Å². The van der Waals surface area contributed by atoms with E-state index in [2.05, 4.69) is 22.4 Å². The van der Waals surface area contributed by atoms with Crippen molar-refractivity contribution in [1.82, 2.24) is 4.98 Å². The van der Waals surface area contributed by atoms with Gasteiger partial charge < -0.3 is 26.9 Å². The highest BCUT2D eigenvalue weighted by atomic mass is 35.5. The minimum absolute atomic E-state index is 0. The minimum Gasteiger partial charge on any atom is -1.00 e. The Balaban J connectivity index is 0.00000289. The van der Waals surface area contributed by atoms with Crippen molar-refractivity contribution in [2.75, 3.05) is 31.5 Å². The first kappa shape index (κ1) is 25.6. The third-order valence-electron chi connectivity index (χ3n) is 8.42. The molecule has 35 heavy (non-hydrogen) atoms. The number of esters is 1. The Hall–Kier alpha value is -2.44. The average Bonchev–Trinajstić information content (AvgIpc) is 3.13. The Kier molecular flexibility index (Phi) is 8.12. The Morgan fingerprint density at radius 1 is 0.971 bits per heavy atom. The molecule has 2 aromatic rings. The number of anilines is 1. The van der Waals surface area contributed by atoms with Crippen LogP contribution in [0.3, 0.4) is 0 Å². The zero-order chi connectivity index (χ0) is 23.4. The number of nitrogens with one attached hydrogen (secondary N) is 1. The van der Waals surface area contributed by atoms with E-state index in [1.54, 1.807) is 24.5 Å². The lowest BCUT2D eigenvalue weighted by Gasteiger charge is -2.52. The van der Waals surface area contributed by atoms with Crippen LogP contribution in [0.25, 0.3) is 0 Å². The van der Waals surface area contributed by atoms with Crippen LogP contribution in [0, 0.1) is 5.92 Å². The lowest BCUT2D eigenvalue weighted by Crippen LogP contribution is -3.00. The third-order valence-corrected chi connectivity index (χ3v) is 8.42. The number of aromatic nitrogens is 1. The quantitative estimate of drug-likeness (QED) is 0.373. The van der Waals surface area contributed by atoms with Gasteiger partial charge in [0.15, 0.2) is 12.6 Å². The highest BCUT2D eigenvalue weighted by Gasteiger charge is 2.51.